The first kappa shape index (κ1) is 12.3. The molecular weight excluding hydrogens is 228 g/mol. The smallest absolute Gasteiger partial charge is 0.295 e. The lowest BCUT2D eigenvalue weighted by atomic mass is 10.0. The Hall–Kier alpha value is -2.13. The first-order valence-corrected chi connectivity index (χ1v) is 5.68. The van der Waals surface area contributed by atoms with Crippen LogP contribution in [0.5, 0.6) is 0 Å². The van der Waals surface area contributed by atoms with E-state index in [0.29, 0.717) is 6.47 Å². The monoisotopic (exact) mass is 242 g/mol. The van der Waals surface area contributed by atoms with E-state index in [2.05, 4.69) is 4.74 Å². The van der Waals surface area contributed by atoms with Crippen LogP contribution in [0.1, 0.15) is 17.2 Å². The normalized spacial score (nSPS) is 10.3. The van der Waals surface area contributed by atoms with E-state index >= 15 is 0 Å². The van der Waals surface area contributed by atoms with Gasteiger partial charge in [0.1, 0.15) is 6.10 Å². The average molecular weight is 242 g/mol. The zero-order valence-electron chi connectivity index (χ0n) is 9.86. The summed E-state index contributed by atoms with van der Waals surface area (Å²) in [7, 11) is 0. The number of hydrogen-bond acceptors (Lipinski definition) is 3. The van der Waals surface area contributed by atoms with Crippen LogP contribution in [0.2, 0.25) is 0 Å². The van der Waals surface area contributed by atoms with Gasteiger partial charge >= 0.3 is 0 Å². The van der Waals surface area contributed by atoms with Crippen LogP contribution in [-0.2, 0) is 14.3 Å². The molecule has 0 bridgehead atoms. The van der Waals surface area contributed by atoms with Gasteiger partial charge in [0.25, 0.3) is 6.47 Å². The number of carbonyl (C=O) groups is 1. The highest BCUT2D eigenvalue weighted by molar-refractivity contribution is 5.36. The van der Waals surface area contributed by atoms with Crippen LogP contribution in [0, 0.1) is 0 Å². The molecule has 2 aromatic carbocycles. The van der Waals surface area contributed by atoms with E-state index in [1.165, 1.54) is 0 Å². The molecule has 3 heteroatoms. The standard InChI is InChI=1S/C15H14O3/c16-11-17-12-18-15(13-7-3-1-4-8-13)14-9-5-2-6-10-14/h1-11,15H,12H2. The van der Waals surface area contributed by atoms with E-state index in [-0.39, 0.29) is 12.9 Å². The maximum atomic E-state index is 10.2. The van der Waals surface area contributed by atoms with Crippen LogP contribution in [0.25, 0.3) is 0 Å². The van der Waals surface area contributed by atoms with Crippen molar-refractivity contribution in [2.24, 2.45) is 0 Å². The van der Waals surface area contributed by atoms with E-state index in [0.717, 1.165) is 11.1 Å². The summed E-state index contributed by atoms with van der Waals surface area (Å²) in [4.78, 5) is 10.2. The lowest BCUT2D eigenvalue weighted by Gasteiger charge is -2.18. The quantitative estimate of drug-likeness (QED) is 0.444. The Morgan fingerprint density at radius 2 is 1.39 bits per heavy atom. The van der Waals surface area contributed by atoms with Crippen LogP contribution in [0.15, 0.2) is 60.7 Å². The average Bonchev–Trinajstić information content (AvgIpc) is 2.46. The van der Waals surface area contributed by atoms with Gasteiger partial charge in [0, 0.05) is 0 Å². The molecule has 0 heterocycles. The van der Waals surface area contributed by atoms with Gasteiger partial charge in [-0.05, 0) is 11.1 Å². The number of ether oxygens (including phenoxy) is 2. The van der Waals surface area contributed by atoms with Gasteiger partial charge < -0.3 is 9.47 Å². The van der Waals surface area contributed by atoms with Crippen molar-refractivity contribution in [2.45, 2.75) is 6.10 Å². The predicted octanol–water partition coefficient (Wildman–Crippen LogP) is 2.92. The molecule has 0 saturated heterocycles. The van der Waals surface area contributed by atoms with Crippen LogP contribution in [0.4, 0.5) is 0 Å². The Bertz CT molecular complexity index is 428. The van der Waals surface area contributed by atoms with Gasteiger partial charge in [0.2, 0.25) is 0 Å². The van der Waals surface area contributed by atoms with Crippen LogP contribution in [-0.4, -0.2) is 13.3 Å². The number of hydrogen-bond donors (Lipinski definition) is 0. The maximum absolute atomic E-state index is 10.2. The second-order valence-electron chi connectivity index (χ2n) is 3.75. The second-order valence-corrected chi connectivity index (χ2v) is 3.75. The van der Waals surface area contributed by atoms with E-state index in [4.69, 9.17) is 4.74 Å². The molecule has 0 aliphatic carbocycles. The van der Waals surface area contributed by atoms with Gasteiger partial charge in [-0.15, -0.1) is 0 Å². The molecule has 0 fully saturated rings. The Kier molecular flexibility index (Phi) is 4.50. The highest BCUT2D eigenvalue weighted by atomic mass is 16.7. The molecule has 0 spiro atoms. The summed E-state index contributed by atoms with van der Waals surface area (Å²) in [6.07, 6.45) is -0.229. The topological polar surface area (TPSA) is 35.5 Å². The summed E-state index contributed by atoms with van der Waals surface area (Å²) >= 11 is 0. The van der Waals surface area contributed by atoms with Gasteiger partial charge in [-0.2, -0.15) is 0 Å². The summed E-state index contributed by atoms with van der Waals surface area (Å²) < 4.78 is 10.2. The van der Waals surface area contributed by atoms with Gasteiger partial charge in [-0.1, -0.05) is 60.7 Å². The Labute approximate surface area is 106 Å². The predicted molar refractivity (Wildman–Crippen MR) is 67.8 cm³/mol. The summed E-state index contributed by atoms with van der Waals surface area (Å²) in [6, 6.07) is 19.7. The van der Waals surface area contributed by atoms with Crippen molar-refractivity contribution in [1.82, 2.24) is 0 Å². The van der Waals surface area contributed by atoms with Crippen molar-refractivity contribution in [1.29, 1.82) is 0 Å². The van der Waals surface area contributed by atoms with E-state index in [9.17, 15) is 4.79 Å². The molecule has 0 N–H and O–H groups in total. The van der Waals surface area contributed by atoms with E-state index < -0.39 is 0 Å². The molecule has 18 heavy (non-hydrogen) atoms. The lowest BCUT2D eigenvalue weighted by Crippen LogP contribution is -2.08. The molecule has 0 saturated carbocycles. The number of rotatable bonds is 6. The third kappa shape index (κ3) is 3.18. The van der Waals surface area contributed by atoms with E-state index in [1.54, 1.807) is 0 Å². The van der Waals surface area contributed by atoms with Crippen molar-refractivity contribution in [2.75, 3.05) is 6.79 Å². The molecule has 0 atom stereocenters. The zero-order valence-corrected chi connectivity index (χ0v) is 9.86. The molecule has 2 rings (SSSR count). The molecule has 0 aliphatic heterocycles. The molecule has 0 radical (unpaired) electrons. The Balaban J connectivity index is 2.21. The highest BCUT2D eigenvalue weighted by Gasteiger charge is 2.13. The molecule has 0 aromatic heterocycles. The first-order valence-electron chi connectivity index (χ1n) is 5.68. The molecule has 92 valence electrons. The second kappa shape index (κ2) is 6.57. The minimum absolute atomic E-state index is 0.0576. The fourth-order valence-electron chi connectivity index (χ4n) is 1.78. The molecule has 3 nitrogen and oxygen atoms in total. The Morgan fingerprint density at radius 1 is 0.889 bits per heavy atom. The van der Waals surface area contributed by atoms with Crippen molar-refractivity contribution in [3.8, 4) is 0 Å². The van der Waals surface area contributed by atoms with Gasteiger partial charge in [-0.3, -0.25) is 4.79 Å². The summed E-state index contributed by atoms with van der Waals surface area (Å²) in [6.45, 7) is 0.324. The lowest BCUT2D eigenvalue weighted by molar-refractivity contribution is -0.144. The van der Waals surface area contributed by atoms with Gasteiger partial charge in [-0.25, -0.2) is 0 Å². The highest BCUT2D eigenvalue weighted by Crippen LogP contribution is 2.25. The van der Waals surface area contributed by atoms with E-state index in [1.807, 2.05) is 60.7 Å². The zero-order chi connectivity index (χ0) is 12.6. The van der Waals surface area contributed by atoms with Crippen LogP contribution in [0.3, 0.4) is 0 Å². The van der Waals surface area contributed by atoms with Crippen molar-refractivity contribution in [3.05, 3.63) is 71.8 Å². The Morgan fingerprint density at radius 3 is 1.83 bits per heavy atom. The summed E-state index contributed by atoms with van der Waals surface area (Å²) in [5.41, 5.74) is 2.05. The number of carbonyl (C=O) groups excluding carboxylic acids is 1. The minimum atomic E-state index is -0.229. The molecule has 0 amide bonds. The summed E-state index contributed by atoms with van der Waals surface area (Å²) in [5.74, 6) is 0. The fourth-order valence-corrected chi connectivity index (χ4v) is 1.78. The molecular formula is C15H14O3. The number of benzene rings is 2. The van der Waals surface area contributed by atoms with Gasteiger partial charge in [0.05, 0.1) is 0 Å². The van der Waals surface area contributed by atoms with Crippen LogP contribution >= 0.6 is 0 Å². The van der Waals surface area contributed by atoms with Gasteiger partial charge in [0.15, 0.2) is 6.79 Å². The van der Waals surface area contributed by atoms with Crippen LogP contribution < -0.4 is 0 Å². The van der Waals surface area contributed by atoms with Crippen molar-refractivity contribution < 1.29 is 14.3 Å². The molecule has 0 aliphatic rings. The van der Waals surface area contributed by atoms with Crippen molar-refractivity contribution in [3.63, 3.8) is 0 Å². The third-order valence-corrected chi connectivity index (χ3v) is 2.58. The molecule has 0 unspecified atom stereocenters. The third-order valence-electron chi connectivity index (χ3n) is 2.58. The van der Waals surface area contributed by atoms with Crippen molar-refractivity contribution >= 4 is 6.47 Å². The summed E-state index contributed by atoms with van der Waals surface area (Å²) in [5, 5.41) is 0. The largest absolute Gasteiger partial charge is 0.441 e. The SMILES string of the molecule is O=COCOC(c1ccccc1)c1ccccc1. The first-order chi connectivity index (χ1) is 8.92. The maximum Gasteiger partial charge on any atom is 0.295 e. The minimum Gasteiger partial charge on any atom is -0.441 e. The molecule has 2 aromatic rings. The fraction of sp³-hybridized carbons (Fsp3) is 0.133.